The van der Waals surface area contributed by atoms with Crippen molar-refractivity contribution in [3.05, 3.63) is 64.1 Å². The van der Waals surface area contributed by atoms with Gasteiger partial charge in [-0.1, -0.05) is 70.8 Å². The molecule has 1 aromatic carbocycles. The van der Waals surface area contributed by atoms with Crippen molar-refractivity contribution in [1.82, 2.24) is 9.55 Å². The number of nitrogens with zero attached hydrogens (tertiary/aromatic N) is 5. The number of azide groups is 1. The SMILES string of the molecule is CO[C@@]1(C)O[C@H]2[C@H](O[C@]1(C)OC)[C@@H](N=[N+]=[N-])c1nc(C#Cc3ccccc3)cn1[C@@H]2CO[Si](C(C)C)(C(C)C)C(C)C. The Hall–Kier alpha value is -2.68. The number of hydrogen-bond acceptors (Lipinski definition) is 7. The molecule has 1 aromatic heterocycles. The van der Waals surface area contributed by atoms with Crippen molar-refractivity contribution in [2.24, 2.45) is 5.11 Å². The van der Waals surface area contributed by atoms with E-state index in [1.165, 1.54) is 0 Å². The van der Waals surface area contributed by atoms with Gasteiger partial charge in [0.25, 0.3) is 0 Å². The Labute approximate surface area is 250 Å². The molecule has 0 radical (unpaired) electrons. The zero-order valence-corrected chi connectivity index (χ0v) is 27.5. The van der Waals surface area contributed by atoms with Crippen LogP contribution < -0.4 is 0 Å². The van der Waals surface area contributed by atoms with Gasteiger partial charge in [-0.2, -0.15) is 0 Å². The lowest BCUT2D eigenvalue weighted by atomic mass is 9.90. The third-order valence-corrected chi connectivity index (χ3v) is 15.3. The molecule has 0 bridgehead atoms. The first-order valence-electron chi connectivity index (χ1n) is 14.7. The third-order valence-electron chi connectivity index (χ3n) is 9.22. The molecule has 0 aliphatic carbocycles. The van der Waals surface area contributed by atoms with Gasteiger partial charge in [0.1, 0.15) is 29.8 Å². The predicted octanol–water partition coefficient (Wildman–Crippen LogP) is 6.89. The van der Waals surface area contributed by atoms with Crippen molar-refractivity contribution in [3.8, 4) is 11.8 Å². The number of imidazole rings is 1. The number of rotatable bonds is 9. The van der Waals surface area contributed by atoms with E-state index in [1.54, 1.807) is 28.1 Å². The number of fused-ring (bicyclic) bond motifs is 2. The molecule has 0 amide bonds. The second-order valence-electron chi connectivity index (χ2n) is 12.3. The minimum Gasteiger partial charge on any atom is -0.414 e. The summed E-state index contributed by atoms with van der Waals surface area (Å²) in [5, 5.41) is 4.16. The Bertz CT molecular complexity index is 1330. The van der Waals surface area contributed by atoms with Gasteiger partial charge in [0.15, 0.2) is 8.32 Å². The lowest BCUT2D eigenvalue weighted by Crippen LogP contribution is -2.68. The molecule has 6 atom stereocenters. The Balaban J connectivity index is 1.86. The highest BCUT2D eigenvalue weighted by atomic mass is 28.4. The Morgan fingerprint density at radius 1 is 0.976 bits per heavy atom. The van der Waals surface area contributed by atoms with E-state index in [1.807, 2.05) is 41.1 Å². The molecule has 0 saturated carbocycles. The van der Waals surface area contributed by atoms with Crippen molar-refractivity contribution in [3.63, 3.8) is 0 Å². The van der Waals surface area contributed by atoms with Crippen LogP contribution in [0, 0.1) is 11.8 Å². The highest BCUT2D eigenvalue weighted by molar-refractivity contribution is 6.77. The molecule has 2 aliphatic rings. The van der Waals surface area contributed by atoms with Gasteiger partial charge in [0.05, 0.1) is 12.6 Å². The summed E-state index contributed by atoms with van der Waals surface area (Å²) in [5.74, 6) is 4.38. The molecule has 4 rings (SSSR count). The first-order chi connectivity index (χ1) is 19.9. The van der Waals surface area contributed by atoms with E-state index in [9.17, 15) is 5.53 Å². The molecule has 2 aliphatic heterocycles. The third kappa shape index (κ3) is 5.53. The maximum Gasteiger partial charge on any atom is 0.220 e. The molecule has 1 fully saturated rings. The zero-order chi connectivity index (χ0) is 30.9. The van der Waals surface area contributed by atoms with Crippen molar-refractivity contribution in [2.75, 3.05) is 20.8 Å². The standard InChI is InChI=1S/C31H45N5O5Si/c1-20(2)42(21(3)4,22(5)6)39-19-25-27-28(41-31(8,38-10)30(7,37-9)40-27)26(34-35-32)29-33-24(18-36(25)29)17-16-23-14-12-11-13-15-23/h11-15,18,20-22,25-28H,19H2,1-10H3/t25-,26-,27-,28-,30+,31+/m1/s1. The van der Waals surface area contributed by atoms with Gasteiger partial charge in [-0.25, -0.2) is 4.98 Å². The van der Waals surface area contributed by atoms with Crippen molar-refractivity contribution in [1.29, 1.82) is 0 Å². The van der Waals surface area contributed by atoms with E-state index in [0.29, 0.717) is 34.7 Å². The number of benzene rings is 1. The average Bonchev–Trinajstić information content (AvgIpc) is 3.38. The summed E-state index contributed by atoms with van der Waals surface area (Å²) < 4.78 is 34.2. The molecule has 42 heavy (non-hydrogen) atoms. The number of methoxy groups -OCH3 is 2. The molecule has 228 valence electrons. The van der Waals surface area contributed by atoms with Gasteiger partial charge in [-0.15, -0.1) is 0 Å². The van der Waals surface area contributed by atoms with Crippen molar-refractivity contribution >= 4 is 8.32 Å². The lowest BCUT2D eigenvalue weighted by Gasteiger charge is -2.56. The molecule has 3 heterocycles. The van der Waals surface area contributed by atoms with Gasteiger partial charge in [-0.05, 0) is 54.1 Å². The van der Waals surface area contributed by atoms with E-state index in [2.05, 4.69) is 63.4 Å². The van der Waals surface area contributed by atoms with Crippen LogP contribution in [0.4, 0.5) is 0 Å². The summed E-state index contributed by atoms with van der Waals surface area (Å²) in [4.78, 5) is 8.03. The first kappa shape index (κ1) is 32.2. The fraction of sp³-hybridized carbons (Fsp3) is 0.645. The van der Waals surface area contributed by atoms with Crippen LogP contribution >= 0.6 is 0 Å². The van der Waals surface area contributed by atoms with Gasteiger partial charge >= 0.3 is 0 Å². The lowest BCUT2D eigenvalue weighted by molar-refractivity contribution is -0.455. The van der Waals surface area contributed by atoms with E-state index in [0.717, 1.165) is 5.56 Å². The molecule has 1 saturated heterocycles. The van der Waals surface area contributed by atoms with Crippen molar-refractivity contribution < 1.29 is 23.4 Å². The summed E-state index contributed by atoms with van der Waals surface area (Å²) in [6, 6.07) is 8.60. The predicted molar refractivity (Wildman–Crippen MR) is 163 cm³/mol. The molecule has 11 heteroatoms. The maximum atomic E-state index is 9.61. The van der Waals surface area contributed by atoms with Crippen LogP contribution in [0.25, 0.3) is 10.4 Å². The zero-order valence-electron chi connectivity index (χ0n) is 26.5. The first-order valence-corrected chi connectivity index (χ1v) is 16.8. The Morgan fingerprint density at radius 2 is 1.55 bits per heavy atom. The summed E-state index contributed by atoms with van der Waals surface area (Å²) in [5.41, 5.74) is 12.2. The van der Waals surface area contributed by atoms with E-state index < -0.39 is 38.1 Å². The van der Waals surface area contributed by atoms with Gasteiger partial charge in [0.2, 0.25) is 11.6 Å². The fourth-order valence-corrected chi connectivity index (χ4v) is 12.3. The summed E-state index contributed by atoms with van der Waals surface area (Å²) in [6.45, 7) is 17.5. The Morgan fingerprint density at radius 3 is 2.07 bits per heavy atom. The highest BCUT2D eigenvalue weighted by Gasteiger charge is 2.62. The summed E-state index contributed by atoms with van der Waals surface area (Å²) in [7, 11) is 0.855. The number of aromatic nitrogens is 2. The second kappa shape index (κ2) is 12.5. The van der Waals surface area contributed by atoms with Gasteiger partial charge in [0, 0.05) is 30.9 Å². The topological polar surface area (TPSA) is 113 Å². The summed E-state index contributed by atoms with van der Waals surface area (Å²) in [6.07, 6.45) is 0.598. The largest absolute Gasteiger partial charge is 0.414 e. The van der Waals surface area contributed by atoms with Crippen LogP contribution in [0.1, 0.15) is 84.6 Å². The molecule has 0 N–H and O–H groups in total. The molecule has 0 spiro atoms. The molecule has 10 nitrogen and oxygen atoms in total. The monoisotopic (exact) mass is 595 g/mol. The van der Waals surface area contributed by atoms with E-state index in [-0.39, 0.29) is 6.04 Å². The quantitative estimate of drug-likeness (QED) is 0.103. The van der Waals surface area contributed by atoms with Crippen LogP contribution in [-0.4, -0.2) is 62.5 Å². The highest BCUT2D eigenvalue weighted by Crippen LogP contribution is 2.50. The van der Waals surface area contributed by atoms with Crippen LogP contribution in [0.3, 0.4) is 0 Å². The molecule has 2 aromatic rings. The second-order valence-corrected chi connectivity index (χ2v) is 17.8. The fourth-order valence-electron chi connectivity index (χ4n) is 6.87. The van der Waals surface area contributed by atoms with E-state index in [4.69, 9.17) is 28.4 Å². The van der Waals surface area contributed by atoms with Gasteiger partial charge < -0.3 is 27.9 Å². The number of hydrogen-bond donors (Lipinski definition) is 0. The molecular formula is C31H45N5O5Si. The maximum absolute atomic E-state index is 9.61. The van der Waals surface area contributed by atoms with Crippen molar-refractivity contribution in [2.45, 2.75) is 108 Å². The van der Waals surface area contributed by atoms with Crippen LogP contribution in [0.2, 0.25) is 16.6 Å². The number of ether oxygens (including phenoxy) is 4. The summed E-state index contributed by atoms with van der Waals surface area (Å²) >= 11 is 0. The molecular weight excluding hydrogens is 550 g/mol. The van der Waals surface area contributed by atoms with E-state index >= 15 is 0 Å². The minimum atomic E-state index is -2.25. The normalized spacial score (nSPS) is 29.1. The van der Waals surface area contributed by atoms with Crippen LogP contribution in [-0.2, 0) is 23.4 Å². The smallest absolute Gasteiger partial charge is 0.220 e. The average molecular weight is 596 g/mol. The van der Waals surface area contributed by atoms with Crippen LogP contribution in [0.15, 0.2) is 41.6 Å². The van der Waals surface area contributed by atoms with Gasteiger partial charge in [-0.3, -0.25) is 0 Å². The Kier molecular flexibility index (Phi) is 9.60. The van der Waals surface area contributed by atoms with Crippen LogP contribution in [0.5, 0.6) is 0 Å². The molecule has 0 unspecified atom stereocenters. The minimum absolute atomic E-state index is 0.353.